The molecule has 0 saturated heterocycles. The van der Waals surface area contributed by atoms with Crippen molar-refractivity contribution in [3.8, 4) is 0 Å². The van der Waals surface area contributed by atoms with Crippen molar-refractivity contribution in [1.82, 2.24) is 4.90 Å². The lowest BCUT2D eigenvalue weighted by Gasteiger charge is -2.26. The smallest absolute Gasteiger partial charge is 0.255 e. The molecule has 1 aromatic carbocycles. The van der Waals surface area contributed by atoms with Crippen LogP contribution in [-0.2, 0) is 0 Å². The second-order valence-electron chi connectivity index (χ2n) is 4.22. The molecule has 0 atom stereocenters. The molecule has 0 radical (unpaired) electrons. The Kier molecular flexibility index (Phi) is 5.73. The molecule has 2 nitrogen and oxygen atoms in total. The lowest BCUT2D eigenvalue weighted by Crippen LogP contribution is -2.38. The summed E-state index contributed by atoms with van der Waals surface area (Å²) >= 11 is 7.97. The number of amides is 1. The highest BCUT2D eigenvalue weighted by Crippen LogP contribution is 2.19. The molecular formula is C13H17ClINO. The molecule has 0 aromatic heterocycles. The van der Waals surface area contributed by atoms with E-state index in [-0.39, 0.29) is 11.9 Å². The van der Waals surface area contributed by atoms with Gasteiger partial charge in [0.2, 0.25) is 0 Å². The topological polar surface area (TPSA) is 20.3 Å². The van der Waals surface area contributed by atoms with Crippen LogP contribution in [0.3, 0.4) is 0 Å². The van der Waals surface area contributed by atoms with Gasteiger partial charge in [-0.2, -0.15) is 0 Å². The number of carbonyl (C=O) groups excluding carboxylic acids is 1. The number of carbonyl (C=O) groups is 1. The third-order valence-corrected chi connectivity index (χ3v) is 4.23. The zero-order chi connectivity index (χ0) is 13.0. The molecular weight excluding hydrogens is 349 g/mol. The summed E-state index contributed by atoms with van der Waals surface area (Å²) in [6.07, 6.45) is 0. The molecule has 1 aromatic rings. The maximum atomic E-state index is 12.4. The van der Waals surface area contributed by atoms with Crippen molar-refractivity contribution >= 4 is 40.1 Å². The van der Waals surface area contributed by atoms with E-state index in [1.807, 2.05) is 43.9 Å². The normalized spacial score (nSPS) is 10.7. The van der Waals surface area contributed by atoms with Gasteiger partial charge in [0.25, 0.3) is 5.91 Å². The molecule has 4 heteroatoms. The van der Waals surface area contributed by atoms with E-state index in [0.29, 0.717) is 12.4 Å². The van der Waals surface area contributed by atoms with Crippen LogP contribution in [0.1, 0.15) is 29.8 Å². The Morgan fingerprint density at radius 2 is 2.12 bits per heavy atom. The van der Waals surface area contributed by atoms with Crippen LogP contribution in [0.2, 0.25) is 0 Å². The zero-order valence-corrected chi connectivity index (χ0v) is 13.2. The fraction of sp³-hybridized carbons (Fsp3) is 0.462. The van der Waals surface area contributed by atoms with Crippen molar-refractivity contribution in [2.24, 2.45) is 0 Å². The highest BCUT2D eigenvalue weighted by molar-refractivity contribution is 14.1. The Morgan fingerprint density at radius 1 is 1.47 bits per heavy atom. The average Bonchev–Trinajstić information content (AvgIpc) is 2.28. The molecule has 0 spiro atoms. The molecule has 1 rings (SSSR count). The summed E-state index contributed by atoms with van der Waals surface area (Å²) in [4.78, 5) is 14.2. The predicted molar refractivity (Wildman–Crippen MR) is 80.8 cm³/mol. The summed E-state index contributed by atoms with van der Waals surface area (Å²) in [6, 6.07) is 5.97. The van der Waals surface area contributed by atoms with Gasteiger partial charge >= 0.3 is 0 Å². The standard InChI is InChI=1S/C13H17ClINO/c1-9(2)16(8-7-14)13(17)11-6-4-5-10(3)12(11)15/h4-6,9H,7-8H2,1-3H3. The maximum absolute atomic E-state index is 12.4. The first-order chi connectivity index (χ1) is 7.99. The number of hydrogen-bond donors (Lipinski definition) is 0. The van der Waals surface area contributed by atoms with Crippen LogP contribution in [0.25, 0.3) is 0 Å². The average molecular weight is 366 g/mol. The minimum atomic E-state index is 0.0637. The Hall–Kier alpha value is -0.290. The maximum Gasteiger partial charge on any atom is 0.255 e. The predicted octanol–water partition coefficient (Wildman–Crippen LogP) is 3.69. The van der Waals surface area contributed by atoms with Crippen LogP contribution >= 0.6 is 34.2 Å². The Morgan fingerprint density at radius 3 is 2.65 bits per heavy atom. The van der Waals surface area contributed by atoms with Gasteiger partial charge < -0.3 is 4.90 Å². The monoisotopic (exact) mass is 365 g/mol. The summed E-state index contributed by atoms with van der Waals surface area (Å²) < 4.78 is 1.02. The molecule has 94 valence electrons. The molecule has 0 fully saturated rings. The molecule has 0 bridgehead atoms. The number of nitrogens with zero attached hydrogens (tertiary/aromatic N) is 1. The van der Waals surface area contributed by atoms with Crippen molar-refractivity contribution in [1.29, 1.82) is 0 Å². The highest BCUT2D eigenvalue weighted by atomic mass is 127. The molecule has 0 saturated carbocycles. The molecule has 0 aliphatic heterocycles. The third kappa shape index (κ3) is 3.58. The first kappa shape index (κ1) is 14.8. The summed E-state index contributed by atoms with van der Waals surface area (Å²) in [5.74, 6) is 0.528. The van der Waals surface area contributed by atoms with Crippen LogP contribution in [0.15, 0.2) is 18.2 Å². The Bertz CT molecular complexity index is 406. The molecule has 0 N–H and O–H groups in total. The van der Waals surface area contributed by atoms with E-state index in [2.05, 4.69) is 22.6 Å². The Labute approximate surface area is 121 Å². The van der Waals surface area contributed by atoms with Crippen LogP contribution in [0.5, 0.6) is 0 Å². The second-order valence-corrected chi connectivity index (χ2v) is 5.67. The molecule has 0 aliphatic carbocycles. The number of benzene rings is 1. The number of aryl methyl sites for hydroxylation is 1. The molecule has 0 heterocycles. The lowest BCUT2D eigenvalue weighted by atomic mass is 10.1. The highest BCUT2D eigenvalue weighted by Gasteiger charge is 2.20. The summed E-state index contributed by atoms with van der Waals surface area (Å²) in [7, 11) is 0. The number of alkyl halides is 1. The summed E-state index contributed by atoms with van der Waals surface area (Å²) in [5, 5.41) is 0. The lowest BCUT2D eigenvalue weighted by molar-refractivity contribution is 0.0717. The quantitative estimate of drug-likeness (QED) is 0.589. The van der Waals surface area contributed by atoms with Crippen molar-refractivity contribution in [3.63, 3.8) is 0 Å². The Balaban J connectivity index is 3.05. The zero-order valence-electron chi connectivity index (χ0n) is 10.3. The van der Waals surface area contributed by atoms with Crippen LogP contribution in [0.4, 0.5) is 0 Å². The summed E-state index contributed by atoms with van der Waals surface area (Å²) in [6.45, 7) is 6.61. The number of hydrogen-bond acceptors (Lipinski definition) is 1. The first-order valence-corrected chi connectivity index (χ1v) is 7.22. The molecule has 17 heavy (non-hydrogen) atoms. The van der Waals surface area contributed by atoms with Gasteiger partial charge in [0.15, 0.2) is 0 Å². The van der Waals surface area contributed by atoms with Gasteiger partial charge in [0, 0.05) is 22.0 Å². The van der Waals surface area contributed by atoms with Gasteiger partial charge in [0.05, 0.1) is 5.56 Å². The van der Waals surface area contributed by atoms with Crippen LogP contribution in [-0.4, -0.2) is 29.3 Å². The second kappa shape index (κ2) is 6.59. The van der Waals surface area contributed by atoms with Gasteiger partial charge in [0.1, 0.15) is 0 Å². The minimum absolute atomic E-state index is 0.0637. The van der Waals surface area contributed by atoms with Crippen LogP contribution in [0, 0.1) is 10.5 Å². The third-order valence-electron chi connectivity index (χ3n) is 2.63. The SMILES string of the molecule is Cc1cccc(C(=O)N(CCCl)C(C)C)c1I. The minimum Gasteiger partial charge on any atom is -0.335 e. The first-order valence-electron chi connectivity index (χ1n) is 5.61. The van der Waals surface area contributed by atoms with E-state index in [0.717, 1.165) is 14.7 Å². The van der Waals surface area contributed by atoms with E-state index in [9.17, 15) is 4.79 Å². The number of halogens is 2. The van der Waals surface area contributed by atoms with Crippen molar-refractivity contribution in [2.45, 2.75) is 26.8 Å². The van der Waals surface area contributed by atoms with Gasteiger partial charge in [-0.1, -0.05) is 12.1 Å². The molecule has 1 amide bonds. The fourth-order valence-corrected chi connectivity index (χ4v) is 2.43. The van der Waals surface area contributed by atoms with E-state index in [1.165, 1.54) is 0 Å². The van der Waals surface area contributed by atoms with Gasteiger partial charge in [-0.05, 0) is 55.0 Å². The van der Waals surface area contributed by atoms with Gasteiger partial charge in [-0.3, -0.25) is 4.79 Å². The largest absolute Gasteiger partial charge is 0.335 e. The van der Waals surface area contributed by atoms with Gasteiger partial charge in [-0.25, -0.2) is 0 Å². The van der Waals surface area contributed by atoms with E-state index >= 15 is 0 Å². The molecule has 0 aliphatic rings. The van der Waals surface area contributed by atoms with Crippen LogP contribution < -0.4 is 0 Å². The summed E-state index contributed by atoms with van der Waals surface area (Å²) in [5.41, 5.74) is 1.90. The van der Waals surface area contributed by atoms with Gasteiger partial charge in [-0.15, -0.1) is 11.6 Å². The van der Waals surface area contributed by atoms with E-state index < -0.39 is 0 Å². The fourth-order valence-electron chi connectivity index (χ4n) is 1.65. The van der Waals surface area contributed by atoms with Crippen molar-refractivity contribution in [3.05, 3.63) is 32.9 Å². The molecule has 0 unspecified atom stereocenters. The van der Waals surface area contributed by atoms with Crippen molar-refractivity contribution < 1.29 is 4.79 Å². The van der Waals surface area contributed by atoms with E-state index in [4.69, 9.17) is 11.6 Å². The van der Waals surface area contributed by atoms with E-state index in [1.54, 1.807) is 0 Å². The number of rotatable bonds is 4. The van der Waals surface area contributed by atoms with Crippen molar-refractivity contribution in [2.75, 3.05) is 12.4 Å².